The normalized spacial score (nSPS) is 21.5. The van der Waals surface area contributed by atoms with Crippen molar-refractivity contribution >= 4 is 5.97 Å². The molecule has 0 spiro atoms. The number of allylic oxidation sites excluding steroid dienone is 3. The zero-order valence-corrected chi connectivity index (χ0v) is 11.9. The van der Waals surface area contributed by atoms with Gasteiger partial charge in [0.1, 0.15) is 0 Å². The fourth-order valence-electron chi connectivity index (χ4n) is 2.46. The van der Waals surface area contributed by atoms with Crippen LogP contribution in [0, 0.1) is 11.3 Å². The molecule has 0 aromatic rings. The van der Waals surface area contributed by atoms with Crippen LogP contribution < -0.4 is 0 Å². The SMILES string of the molecule is CC(C)=CC(=O)OC[C@@H]1CC(=C(C)C)C1(C)C. The monoisotopic (exact) mass is 236 g/mol. The van der Waals surface area contributed by atoms with E-state index in [1.807, 2.05) is 13.8 Å². The molecular weight excluding hydrogens is 212 g/mol. The van der Waals surface area contributed by atoms with Crippen molar-refractivity contribution in [3.63, 3.8) is 0 Å². The summed E-state index contributed by atoms with van der Waals surface area (Å²) >= 11 is 0. The van der Waals surface area contributed by atoms with Crippen molar-refractivity contribution in [1.29, 1.82) is 0 Å². The summed E-state index contributed by atoms with van der Waals surface area (Å²) in [5.41, 5.74) is 4.08. The molecule has 0 radical (unpaired) electrons. The van der Waals surface area contributed by atoms with Gasteiger partial charge in [0.05, 0.1) is 6.61 Å². The number of ether oxygens (including phenoxy) is 1. The van der Waals surface area contributed by atoms with Gasteiger partial charge in [-0.25, -0.2) is 4.79 Å². The lowest BCUT2D eigenvalue weighted by molar-refractivity contribution is -0.141. The summed E-state index contributed by atoms with van der Waals surface area (Å²) in [6.07, 6.45) is 2.62. The summed E-state index contributed by atoms with van der Waals surface area (Å²) in [6, 6.07) is 0. The van der Waals surface area contributed by atoms with Crippen molar-refractivity contribution in [3.8, 4) is 0 Å². The summed E-state index contributed by atoms with van der Waals surface area (Å²) < 4.78 is 5.28. The van der Waals surface area contributed by atoms with E-state index in [1.54, 1.807) is 6.08 Å². The minimum absolute atomic E-state index is 0.185. The summed E-state index contributed by atoms with van der Waals surface area (Å²) in [5, 5.41) is 0. The van der Waals surface area contributed by atoms with E-state index in [0.29, 0.717) is 12.5 Å². The van der Waals surface area contributed by atoms with E-state index >= 15 is 0 Å². The lowest BCUT2D eigenvalue weighted by Gasteiger charge is -2.48. The first kappa shape index (κ1) is 14.0. The number of esters is 1. The van der Waals surface area contributed by atoms with Gasteiger partial charge in [-0.2, -0.15) is 0 Å². The van der Waals surface area contributed by atoms with Gasteiger partial charge in [0.15, 0.2) is 0 Å². The Bertz CT molecular complexity index is 364. The molecule has 1 rings (SSSR count). The highest BCUT2D eigenvalue weighted by Crippen LogP contribution is 2.52. The number of carbonyl (C=O) groups excluding carboxylic acids is 1. The van der Waals surface area contributed by atoms with Crippen LogP contribution in [0.15, 0.2) is 22.8 Å². The first-order valence-electron chi connectivity index (χ1n) is 6.23. The third-order valence-corrected chi connectivity index (χ3v) is 3.69. The number of hydrogen-bond donors (Lipinski definition) is 0. The standard InChI is InChI=1S/C15H24O2/c1-10(2)7-14(16)17-9-12-8-13(11(3)4)15(12,5)6/h7,12H,8-9H2,1-6H3/t12-/m0/s1. The van der Waals surface area contributed by atoms with Crippen molar-refractivity contribution in [2.45, 2.75) is 48.0 Å². The zero-order valence-electron chi connectivity index (χ0n) is 11.9. The van der Waals surface area contributed by atoms with E-state index in [-0.39, 0.29) is 11.4 Å². The quantitative estimate of drug-likeness (QED) is 0.422. The lowest BCUT2D eigenvalue weighted by atomic mass is 9.58. The molecule has 1 atom stereocenters. The van der Waals surface area contributed by atoms with Crippen molar-refractivity contribution in [2.75, 3.05) is 6.61 Å². The van der Waals surface area contributed by atoms with Gasteiger partial charge >= 0.3 is 5.97 Å². The molecule has 0 aliphatic heterocycles. The second-order valence-electron chi connectivity index (χ2n) is 5.95. The van der Waals surface area contributed by atoms with Gasteiger partial charge in [-0.05, 0) is 39.5 Å². The lowest BCUT2D eigenvalue weighted by Crippen LogP contribution is -2.41. The Morgan fingerprint density at radius 3 is 2.35 bits per heavy atom. The Balaban J connectivity index is 2.50. The molecule has 0 amide bonds. The predicted molar refractivity (Wildman–Crippen MR) is 70.7 cm³/mol. The molecule has 2 heteroatoms. The van der Waals surface area contributed by atoms with Crippen LogP contribution in [0.2, 0.25) is 0 Å². The molecule has 0 bridgehead atoms. The highest BCUT2D eigenvalue weighted by atomic mass is 16.5. The second kappa shape index (κ2) is 5.07. The number of rotatable bonds is 3. The van der Waals surface area contributed by atoms with Crippen LogP contribution in [0.4, 0.5) is 0 Å². The maximum absolute atomic E-state index is 11.4. The number of carbonyl (C=O) groups is 1. The average molecular weight is 236 g/mol. The van der Waals surface area contributed by atoms with Crippen molar-refractivity contribution < 1.29 is 9.53 Å². The van der Waals surface area contributed by atoms with Gasteiger partial charge in [-0.15, -0.1) is 0 Å². The summed E-state index contributed by atoms with van der Waals surface area (Å²) in [6.45, 7) is 13.1. The Labute approximate surface area is 105 Å². The van der Waals surface area contributed by atoms with Crippen LogP contribution in [0.5, 0.6) is 0 Å². The Morgan fingerprint density at radius 1 is 1.35 bits per heavy atom. The highest BCUT2D eigenvalue weighted by molar-refractivity contribution is 5.82. The minimum atomic E-state index is -0.216. The van der Waals surface area contributed by atoms with E-state index in [0.717, 1.165) is 12.0 Å². The zero-order chi connectivity index (χ0) is 13.2. The molecule has 0 saturated heterocycles. The van der Waals surface area contributed by atoms with E-state index < -0.39 is 0 Å². The Kier molecular flexibility index (Phi) is 4.18. The largest absolute Gasteiger partial charge is 0.462 e. The molecule has 1 aliphatic carbocycles. The second-order valence-corrected chi connectivity index (χ2v) is 5.95. The fraction of sp³-hybridized carbons (Fsp3) is 0.667. The van der Waals surface area contributed by atoms with E-state index in [4.69, 9.17) is 4.74 Å². The van der Waals surface area contributed by atoms with Gasteiger partial charge in [-0.3, -0.25) is 0 Å². The predicted octanol–water partition coefficient (Wildman–Crippen LogP) is 3.88. The van der Waals surface area contributed by atoms with Gasteiger partial charge in [0, 0.05) is 12.0 Å². The molecular formula is C15H24O2. The Hall–Kier alpha value is -1.05. The molecule has 1 aliphatic rings. The topological polar surface area (TPSA) is 26.3 Å². The molecule has 1 fully saturated rings. The van der Waals surface area contributed by atoms with Gasteiger partial charge in [0.25, 0.3) is 0 Å². The van der Waals surface area contributed by atoms with Gasteiger partial charge in [0.2, 0.25) is 0 Å². The maximum atomic E-state index is 11.4. The summed E-state index contributed by atoms with van der Waals surface area (Å²) in [4.78, 5) is 11.4. The molecule has 17 heavy (non-hydrogen) atoms. The highest BCUT2D eigenvalue weighted by Gasteiger charge is 2.44. The van der Waals surface area contributed by atoms with Crippen LogP contribution in [0.3, 0.4) is 0 Å². The van der Waals surface area contributed by atoms with E-state index in [1.165, 1.54) is 11.1 Å². The van der Waals surface area contributed by atoms with Crippen LogP contribution in [0.25, 0.3) is 0 Å². The molecule has 0 aromatic carbocycles. The fourth-order valence-corrected chi connectivity index (χ4v) is 2.46. The van der Waals surface area contributed by atoms with Crippen molar-refractivity contribution in [3.05, 3.63) is 22.8 Å². The van der Waals surface area contributed by atoms with Crippen LogP contribution in [-0.2, 0) is 9.53 Å². The third kappa shape index (κ3) is 3.21. The summed E-state index contributed by atoms with van der Waals surface area (Å²) in [5.74, 6) is 0.244. The molecule has 0 N–H and O–H groups in total. The average Bonchev–Trinajstić information content (AvgIpc) is 2.14. The van der Waals surface area contributed by atoms with Crippen LogP contribution in [-0.4, -0.2) is 12.6 Å². The molecule has 1 saturated carbocycles. The van der Waals surface area contributed by atoms with Crippen LogP contribution in [0.1, 0.15) is 48.0 Å². The Morgan fingerprint density at radius 2 is 1.94 bits per heavy atom. The molecule has 0 aromatic heterocycles. The van der Waals surface area contributed by atoms with Gasteiger partial charge < -0.3 is 4.74 Å². The van der Waals surface area contributed by atoms with Crippen molar-refractivity contribution in [2.24, 2.45) is 11.3 Å². The molecule has 96 valence electrons. The van der Waals surface area contributed by atoms with Crippen LogP contribution >= 0.6 is 0 Å². The third-order valence-electron chi connectivity index (χ3n) is 3.69. The smallest absolute Gasteiger partial charge is 0.330 e. The van der Waals surface area contributed by atoms with Crippen molar-refractivity contribution in [1.82, 2.24) is 0 Å². The van der Waals surface area contributed by atoms with E-state index in [2.05, 4.69) is 27.7 Å². The molecule has 2 nitrogen and oxygen atoms in total. The minimum Gasteiger partial charge on any atom is -0.462 e. The molecule has 0 unspecified atom stereocenters. The first-order chi connectivity index (χ1) is 7.75. The van der Waals surface area contributed by atoms with E-state index in [9.17, 15) is 4.79 Å². The van der Waals surface area contributed by atoms with Gasteiger partial charge in [-0.1, -0.05) is 30.6 Å². The number of hydrogen-bond acceptors (Lipinski definition) is 2. The maximum Gasteiger partial charge on any atom is 0.330 e. The summed E-state index contributed by atoms with van der Waals surface area (Å²) in [7, 11) is 0. The first-order valence-corrected chi connectivity index (χ1v) is 6.23. The molecule has 0 heterocycles.